The van der Waals surface area contributed by atoms with Gasteiger partial charge >= 0.3 is 6.03 Å². The molecule has 2 amide bonds. The third-order valence-corrected chi connectivity index (χ3v) is 2.84. The zero-order valence-corrected chi connectivity index (χ0v) is 9.57. The van der Waals surface area contributed by atoms with E-state index in [0.29, 0.717) is 12.5 Å². The number of hydrogen-bond donors (Lipinski definition) is 0. The molecule has 1 aliphatic rings. The van der Waals surface area contributed by atoms with Crippen LogP contribution in [0.2, 0.25) is 0 Å². The largest absolute Gasteiger partial charge is 0.324 e. The first-order chi connectivity index (χ1) is 7.19. The molecule has 1 fully saturated rings. The van der Waals surface area contributed by atoms with Crippen molar-refractivity contribution in [2.45, 2.75) is 26.7 Å². The monoisotopic (exact) mass is 209 g/mol. The van der Waals surface area contributed by atoms with E-state index in [2.05, 4.69) is 6.92 Å². The Labute approximate surface area is 91.5 Å². The number of likely N-dealkylation sites (tertiary alicyclic amines) is 1. The highest BCUT2D eigenvalue weighted by Crippen LogP contribution is 2.16. The summed E-state index contributed by atoms with van der Waals surface area (Å²) < 4.78 is 0. The van der Waals surface area contributed by atoms with Gasteiger partial charge in [0.2, 0.25) is 0 Å². The van der Waals surface area contributed by atoms with Gasteiger partial charge < -0.3 is 9.80 Å². The van der Waals surface area contributed by atoms with Gasteiger partial charge in [-0.1, -0.05) is 6.92 Å². The number of nitriles is 1. The van der Waals surface area contributed by atoms with Gasteiger partial charge in [0.05, 0.1) is 6.07 Å². The van der Waals surface area contributed by atoms with Crippen LogP contribution in [-0.2, 0) is 0 Å². The van der Waals surface area contributed by atoms with Crippen LogP contribution in [0.3, 0.4) is 0 Å². The van der Waals surface area contributed by atoms with Crippen LogP contribution in [0.5, 0.6) is 0 Å². The smallest absolute Gasteiger partial charge is 0.320 e. The van der Waals surface area contributed by atoms with Crippen molar-refractivity contribution in [3.05, 3.63) is 0 Å². The van der Waals surface area contributed by atoms with Crippen molar-refractivity contribution in [1.29, 1.82) is 5.26 Å². The Morgan fingerprint density at radius 1 is 1.67 bits per heavy atom. The number of urea groups is 1. The molecular formula is C11H19N3O. The molecule has 0 aromatic heterocycles. The van der Waals surface area contributed by atoms with Crippen molar-refractivity contribution in [1.82, 2.24) is 9.80 Å². The van der Waals surface area contributed by atoms with E-state index in [4.69, 9.17) is 5.26 Å². The minimum Gasteiger partial charge on any atom is -0.324 e. The number of nitrogens with zero attached hydrogens (tertiary/aromatic N) is 3. The summed E-state index contributed by atoms with van der Waals surface area (Å²) in [6.45, 7) is 6.55. The van der Waals surface area contributed by atoms with Gasteiger partial charge in [-0.3, -0.25) is 0 Å². The average Bonchev–Trinajstić information content (AvgIpc) is 2.25. The van der Waals surface area contributed by atoms with Crippen LogP contribution in [0.1, 0.15) is 26.7 Å². The van der Waals surface area contributed by atoms with Crippen LogP contribution in [-0.4, -0.2) is 42.0 Å². The molecular weight excluding hydrogens is 190 g/mol. The maximum atomic E-state index is 12.0. The summed E-state index contributed by atoms with van der Waals surface area (Å²) >= 11 is 0. The standard InChI is InChI=1S/C11H19N3O/c1-3-13(8-6-12)11(15)14-7-4-5-10(2)9-14/h10H,3-5,7-9H2,1-2H3. The summed E-state index contributed by atoms with van der Waals surface area (Å²) in [4.78, 5) is 15.4. The van der Waals surface area contributed by atoms with Crippen LogP contribution in [0, 0.1) is 17.2 Å². The molecule has 0 saturated carbocycles. The number of piperidine rings is 1. The van der Waals surface area contributed by atoms with Crippen molar-refractivity contribution in [3.63, 3.8) is 0 Å². The van der Waals surface area contributed by atoms with Crippen LogP contribution >= 0.6 is 0 Å². The Hall–Kier alpha value is -1.24. The van der Waals surface area contributed by atoms with E-state index in [1.807, 2.05) is 17.9 Å². The molecule has 1 heterocycles. The summed E-state index contributed by atoms with van der Waals surface area (Å²) in [5.74, 6) is 0.587. The molecule has 0 aromatic carbocycles. The SMILES string of the molecule is CCN(CC#N)C(=O)N1CCCC(C)C1. The van der Waals surface area contributed by atoms with E-state index >= 15 is 0 Å². The van der Waals surface area contributed by atoms with Gasteiger partial charge in [-0.05, 0) is 25.7 Å². The summed E-state index contributed by atoms with van der Waals surface area (Å²) in [7, 11) is 0. The number of hydrogen-bond acceptors (Lipinski definition) is 2. The Bertz CT molecular complexity index is 259. The maximum absolute atomic E-state index is 12.0. The summed E-state index contributed by atoms with van der Waals surface area (Å²) in [6.07, 6.45) is 2.28. The van der Waals surface area contributed by atoms with Crippen LogP contribution in [0.4, 0.5) is 4.79 Å². The number of carbonyl (C=O) groups is 1. The second-order valence-corrected chi connectivity index (χ2v) is 4.15. The molecule has 0 N–H and O–H groups in total. The first-order valence-electron chi connectivity index (χ1n) is 5.59. The van der Waals surface area contributed by atoms with Gasteiger partial charge in [0.15, 0.2) is 0 Å². The van der Waals surface area contributed by atoms with E-state index in [0.717, 1.165) is 19.5 Å². The number of carbonyl (C=O) groups excluding carboxylic acids is 1. The van der Waals surface area contributed by atoms with E-state index in [9.17, 15) is 4.79 Å². The topological polar surface area (TPSA) is 47.3 Å². The molecule has 0 aliphatic carbocycles. The van der Waals surface area contributed by atoms with Gasteiger partial charge in [-0.25, -0.2) is 4.79 Å². The lowest BCUT2D eigenvalue weighted by molar-refractivity contribution is 0.137. The minimum atomic E-state index is 0.0191. The van der Waals surface area contributed by atoms with E-state index in [1.54, 1.807) is 4.90 Å². The molecule has 0 bridgehead atoms. The molecule has 0 aromatic rings. The molecule has 84 valence electrons. The highest BCUT2D eigenvalue weighted by molar-refractivity contribution is 5.74. The predicted molar refractivity (Wildman–Crippen MR) is 58.2 cm³/mol. The zero-order valence-electron chi connectivity index (χ0n) is 9.57. The molecule has 1 atom stereocenters. The molecule has 0 radical (unpaired) electrons. The molecule has 1 rings (SSSR count). The first kappa shape index (κ1) is 11.8. The molecule has 1 saturated heterocycles. The lowest BCUT2D eigenvalue weighted by atomic mass is 10.0. The van der Waals surface area contributed by atoms with Crippen molar-refractivity contribution in [3.8, 4) is 6.07 Å². The Balaban J connectivity index is 2.54. The zero-order chi connectivity index (χ0) is 11.3. The summed E-state index contributed by atoms with van der Waals surface area (Å²) in [6, 6.07) is 2.05. The van der Waals surface area contributed by atoms with E-state index in [-0.39, 0.29) is 12.6 Å². The van der Waals surface area contributed by atoms with Gasteiger partial charge in [0, 0.05) is 19.6 Å². The molecule has 1 aliphatic heterocycles. The second kappa shape index (κ2) is 5.59. The highest BCUT2D eigenvalue weighted by Gasteiger charge is 2.24. The van der Waals surface area contributed by atoms with Gasteiger partial charge in [-0.15, -0.1) is 0 Å². The van der Waals surface area contributed by atoms with Crippen LogP contribution in [0.15, 0.2) is 0 Å². The minimum absolute atomic E-state index is 0.0191. The fourth-order valence-electron chi connectivity index (χ4n) is 1.96. The molecule has 1 unspecified atom stereocenters. The first-order valence-corrected chi connectivity index (χ1v) is 5.59. The fourth-order valence-corrected chi connectivity index (χ4v) is 1.96. The highest BCUT2D eigenvalue weighted by atomic mass is 16.2. The summed E-state index contributed by atoms with van der Waals surface area (Å²) in [5.41, 5.74) is 0. The Morgan fingerprint density at radius 3 is 2.93 bits per heavy atom. The molecule has 4 heteroatoms. The quantitative estimate of drug-likeness (QED) is 0.650. The van der Waals surface area contributed by atoms with Crippen molar-refractivity contribution < 1.29 is 4.79 Å². The second-order valence-electron chi connectivity index (χ2n) is 4.15. The van der Waals surface area contributed by atoms with Crippen molar-refractivity contribution in [2.24, 2.45) is 5.92 Å². The van der Waals surface area contributed by atoms with Crippen molar-refractivity contribution >= 4 is 6.03 Å². The van der Waals surface area contributed by atoms with E-state index < -0.39 is 0 Å². The average molecular weight is 209 g/mol. The lowest BCUT2D eigenvalue weighted by Gasteiger charge is -2.34. The Kier molecular flexibility index (Phi) is 4.41. The Morgan fingerprint density at radius 2 is 2.40 bits per heavy atom. The third-order valence-electron chi connectivity index (χ3n) is 2.84. The molecule has 4 nitrogen and oxygen atoms in total. The lowest BCUT2D eigenvalue weighted by Crippen LogP contribution is -2.47. The van der Waals surface area contributed by atoms with Crippen LogP contribution < -0.4 is 0 Å². The van der Waals surface area contributed by atoms with Gasteiger partial charge in [0.1, 0.15) is 6.54 Å². The third kappa shape index (κ3) is 3.12. The molecule has 15 heavy (non-hydrogen) atoms. The fraction of sp³-hybridized carbons (Fsp3) is 0.818. The van der Waals surface area contributed by atoms with Crippen molar-refractivity contribution in [2.75, 3.05) is 26.2 Å². The van der Waals surface area contributed by atoms with E-state index in [1.165, 1.54) is 6.42 Å². The summed E-state index contributed by atoms with van der Waals surface area (Å²) in [5, 5.41) is 8.60. The number of amides is 2. The normalized spacial score (nSPS) is 20.9. The maximum Gasteiger partial charge on any atom is 0.320 e. The van der Waals surface area contributed by atoms with Crippen LogP contribution in [0.25, 0.3) is 0 Å². The predicted octanol–water partition coefficient (Wildman–Crippen LogP) is 1.68. The van der Waals surface area contributed by atoms with Gasteiger partial charge in [0.25, 0.3) is 0 Å². The molecule has 0 spiro atoms. The van der Waals surface area contributed by atoms with Gasteiger partial charge in [-0.2, -0.15) is 5.26 Å². The number of rotatable bonds is 2.